The molecule has 4 rings (SSSR count). The Morgan fingerprint density at radius 1 is 1.12 bits per heavy atom. The van der Waals surface area contributed by atoms with Crippen LogP contribution in [-0.2, 0) is 16.0 Å². The topological polar surface area (TPSA) is 74.8 Å². The number of thiophene rings is 1. The van der Waals surface area contributed by atoms with Crippen molar-refractivity contribution in [2.75, 3.05) is 0 Å². The highest BCUT2D eigenvalue weighted by Gasteiger charge is 2.19. The third kappa shape index (κ3) is 6.33. The number of unbranched alkanes of at least 4 members (excludes halogenated alkanes) is 2. The van der Waals surface area contributed by atoms with E-state index in [1.54, 1.807) is 18.3 Å². The van der Waals surface area contributed by atoms with E-state index in [1.165, 1.54) is 0 Å². The maximum atomic E-state index is 13.1. The van der Waals surface area contributed by atoms with Crippen LogP contribution in [0.25, 0.3) is 21.3 Å². The summed E-state index contributed by atoms with van der Waals surface area (Å²) in [5, 5.41) is 6.91. The van der Waals surface area contributed by atoms with E-state index in [0.717, 1.165) is 58.4 Å². The Hall–Kier alpha value is -2.96. The molecule has 34 heavy (non-hydrogen) atoms. The number of Topliss-reactive ketones (excluding diaryl/α,β-unsaturated/α-hetero) is 1. The Balaban J connectivity index is 1.47. The van der Waals surface area contributed by atoms with Gasteiger partial charge in [0.2, 0.25) is 5.91 Å². The van der Waals surface area contributed by atoms with Gasteiger partial charge >= 0.3 is 0 Å². The molecule has 2 aromatic heterocycles. The van der Waals surface area contributed by atoms with Crippen molar-refractivity contribution in [3.63, 3.8) is 0 Å². The number of aromatic nitrogens is 2. The summed E-state index contributed by atoms with van der Waals surface area (Å²) in [6.45, 7) is 1.62. The zero-order valence-corrected chi connectivity index (χ0v) is 20.7. The minimum atomic E-state index is -0.226. The van der Waals surface area contributed by atoms with Crippen molar-refractivity contribution in [3.05, 3.63) is 76.5 Å². The number of ketones is 1. The molecule has 0 radical (unpaired) electrons. The lowest BCUT2D eigenvalue weighted by molar-refractivity contribution is -0.121. The lowest BCUT2D eigenvalue weighted by Crippen LogP contribution is -2.30. The first kappa shape index (κ1) is 24.2. The molecule has 0 unspecified atom stereocenters. The molecule has 0 aliphatic heterocycles. The summed E-state index contributed by atoms with van der Waals surface area (Å²) < 4.78 is 1.12. The molecule has 4 aromatic rings. The number of amides is 1. The maximum Gasteiger partial charge on any atom is 0.225 e. The molecule has 176 valence electrons. The third-order valence-electron chi connectivity index (χ3n) is 5.83. The Morgan fingerprint density at radius 3 is 2.74 bits per heavy atom. The minimum absolute atomic E-state index is 0.0499. The second kappa shape index (κ2) is 11.4. The van der Waals surface area contributed by atoms with Crippen LogP contribution in [0.1, 0.15) is 56.5 Å². The van der Waals surface area contributed by atoms with Gasteiger partial charge < -0.3 is 15.1 Å². The van der Waals surface area contributed by atoms with E-state index < -0.39 is 0 Å². The zero-order chi connectivity index (χ0) is 23.9. The van der Waals surface area contributed by atoms with Crippen molar-refractivity contribution in [1.82, 2.24) is 15.3 Å². The summed E-state index contributed by atoms with van der Waals surface area (Å²) in [5.41, 5.74) is 2.95. The second-order valence-electron chi connectivity index (χ2n) is 8.55. The van der Waals surface area contributed by atoms with E-state index in [1.807, 2.05) is 60.1 Å². The average Bonchev–Trinajstić information content (AvgIpc) is 3.46. The molecule has 0 aliphatic carbocycles. The smallest absolute Gasteiger partial charge is 0.225 e. The van der Waals surface area contributed by atoms with Crippen molar-refractivity contribution in [2.24, 2.45) is 0 Å². The van der Waals surface area contributed by atoms with Gasteiger partial charge in [-0.25, -0.2) is 4.98 Å². The van der Waals surface area contributed by atoms with Gasteiger partial charge in [-0.05, 0) is 59.9 Å². The number of benzene rings is 2. The van der Waals surface area contributed by atoms with Crippen molar-refractivity contribution in [1.29, 1.82) is 0 Å². The Morgan fingerprint density at radius 2 is 1.94 bits per heavy atom. The zero-order valence-electron chi connectivity index (χ0n) is 19.1. The fraction of sp³-hybridized carbons (Fsp3) is 0.296. The normalized spacial score (nSPS) is 12.1. The first-order valence-corrected chi connectivity index (χ1v) is 12.8. The molecule has 2 N–H and O–H groups in total. The molecular formula is C27H28ClN3O2S. The summed E-state index contributed by atoms with van der Waals surface area (Å²) in [6, 6.07) is 15.6. The molecule has 1 atom stereocenters. The number of H-pyrrole nitrogens is 1. The van der Waals surface area contributed by atoms with Gasteiger partial charge in [-0.15, -0.1) is 11.3 Å². The monoisotopic (exact) mass is 493 g/mol. The molecule has 5 nitrogen and oxygen atoms in total. The Labute approximate surface area is 208 Å². The summed E-state index contributed by atoms with van der Waals surface area (Å²) in [6.07, 6.45) is 6.15. The van der Waals surface area contributed by atoms with E-state index in [0.29, 0.717) is 11.4 Å². The van der Waals surface area contributed by atoms with Gasteiger partial charge in [0.15, 0.2) is 0 Å². The highest BCUT2D eigenvalue weighted by molar-refractivity contribution is 7.17. The van der Waals surface area contributed by atoms with Crippen molar-refractivity contribution in [2.45, 2.75) is 51.5 Å². The first-order chi connectivity index (χ1) is 16.5. The molecular weight excluding hydrogens is 466 g/mol. The van der Waals surface area contributed by atoms with Gasteiger partial charge in [-0.1, -0.05) is 54.8 Å². The maximum absolute atomic E-state index is 13.1. The van der Waals surface area contributed by atoms with E-state index in [9.17, 15) is 9.59 Å². The Kier molecular flexibility index (Phi) is 8.14. The van der Waals surface area contributed by atoms with Crippen LogP contribution in [0.15, 0.2) is 60.1 Å². The van der Waals surface area contributed by atoms with Gasteiger partial charge in [0, 0.05) is 16.1 Å². The highest BCUT2D eigenvalue weighted by atomic mass is 35.5. The lowest BCUT2D eigenvalue weighted by Gasteiger charge is -2.17. The summed E-state index contributed by atoms with van der Waals surface area (Å²) in [7, 11) is 0. The molecule has 1 amide bonds. The van der Waals surface area contributed by atoms with Crippen LogP contribution in [0.5, 0.6) is 0 Å². The van der Waals surface area contributed by atoms with Crippen LogP contribution < -0.4 is 5.32 Å². The van der Waals surface area contributed by atoms with Gasteiger partial charge in [0.25, 0.3) is 0 Å². The number of nitrogens with zero attached hydrogens (tertiary/aromatic N) is 1. The number of carbonyl (C=O) groups is 2. The van der Waals surface area contributed by atoms with Crippen LogP contribution in [-0.4, -0.2) is 21.7 Å². The minimum Gasteiger partial charge on any atom is -0.346 e. The molecule has 0 spiro atoms. The lowest BCUT2D eigenvalue weighted by atomic mass is 10.0. The number of aromatic amines is 1. The van der Waals surface area contributed by atoms with Crippen LogP contribution in [0.3, 0.4) is 0 Å². The second-order valence-corrected chi connectivity index (χ2v) is 9.90. The van der Waals surface area contributed by atoms with Crippen molar-refractivity contribution < 1.29 is 9.59 Å². The fourth-order valence-corrected chi connectivity index (χ4v) is 5.18. The highest BCUT2D eigenvalue weighted by Crippen LogP contribution is 2.29. The van der Waals surface area contributed by atoms with E-state index in [4.69, 9.17) is 11.6 Å². The van der Waals surface area contributed by atoms with Crippen molar-refractivity contribution >= 4 is 44.7 Å². The standard InChI is InChI=1S/C27H28ClN3O2S/c1-18(32)8-4-2-7-11-23(27-29-16-24(31-27)19-9-5-3-6-10-19)30-26(33)14-20-17-34-25-13-12-21(28)15-22(20)25/h3,5-6,9-10,12-13,15-17,23H,2,4,7-8,11,14H2,1H3,(H,29,31)(H,30,33)/t23-/m0/s1. The van der Waals surface area contributed by atoms with E-state index in [2.05, 4.69) is 15.3 Å². The molecule has 0 fully saturated rings. The number of rotatable bonds is 11. The molecule has 2 heterocycles. The van der Waals surface area contributed by atoms with Gasteiger partial charge in [0.1, 0.15) is 11.6 Å². The van der Waals surface area contributed by atoms with E-state index >= 15 is 0 Å². The number of nitrogens with one attached hydrogen (secondary N) is 2. The van der Waals surface area contributed by atoms with Gasteiger partial charge in [-0.2, -0.15) is 0 Å². The van der Waals surface area contributed by atoms with Crippen LogP contribution in [0.4, 0.5) is 0 Å². The Bertz CT molecular complexity index is 1270. The molecule has 0 bridgehead atoms. The van der Waals surface area contributed by atoms with Crippen molar-refractivity contribution in [3.8, 4) is 11.3 Å². The number of carbonyl (C=O) groups excluding carboxylic acids is 2. The number of hydrogen-bond acceptors (Lipinski definition) is 4. The number of halogens is 1. The molecule has 2 aromatic carbocycles. The molecule has 0 aliphatic rings. The molecule has 0 saturated heterocycles. The summed E-state index contributed by atoms with van der Waals surface area (Å²) in [4.78, 5) is 32.3. The number of imidazole rings is 1. The van der Waals surface area contributed by atoms with Crippen LogP contribution in [0.2, 0.25) is 5.02 Å². The third-order valence-corrected chi connectivity index (χ3v) is 7.08. The molecule has 7 heteroatoms. The fourth-order valence-electron chi connectivity index (χ4n) is 4.06. The van der Waals surface area contributed by atoms with Gasteiger partial charge in [0.05, 0.1) is 24.4 Å². The molecule has 0 saturated carbocycles. The largest absolute Gasteiger partial charge is 0.346 e. The summed E-state index contributed by atoms with van der Waals surface area (Å²) >= 11 is 7.79. The predicted octanol–water partition coefficient (Wildman–Crippen LogP) is 6.88. The van der Waals surface area contributed by atoms with E-state index in [-0.39, 0.29) is 24.2 Å². The predicted molar refractivity (Wildman–Crippen MR) is 139 cm³/mol. The number of fused-ring (bicyclic) bond motifs is 1. The first-order valence-electron chi connectivity index (χ1n) is 11.5. The number of hydrogen-bond donors (Lipinski definition) is 2. The average molecular weight is 494 g/mol. The quantitative estimate of drug-likeness (QED) is 0.223. The van der Waals surface area contributed by atoms with Gasteiger partial charge in [-0.3, -0.25) is 4.79 Å². The van der Waals surface area contributed by atoms with Crippen LogP contribution in [0, 0.1) is 0 Å². The van der Waals surface area contributed by atoms with Crippen LogP contribution >= 0.6 is 22.9 Å². The summed E-state index contributed by atoms with van der Waals surface area (Å²) in [5.74, 6) is 0.912. The SMILES string of the molecule is CC(=O)CCCCC[C@H](NC(=O)Cc1csc2ccc(Cl)cc12)c1ncc(-c2ccccc2)[nH]1.